The summed E-state index contributed by atoms with van der Waals surface area (Å²) < 4.78 is 0.266. The molecule has 0 fully saturated rings. The molecule has 1 aromatic carbocycles. The van der Waals surface area contributed by atoms with Crippen LogP contribution >= 0.6 is 11.8 Å². The Labute approximate surface area is 84.7 Å². The highest BCUT2D eigenvalue weighted by Crippen LogP contribution is 2.32. The van der Waals surface area contributed by atoms with E-state index in [0.29, 0.717) is 0 Å². The molecule has 0 saturated heterocycles. The summed E-state index contributed by atoms with van der Waals surface area (Å²) in [4.78, 5) is 1.29. The lowest BCUT2D eigenvalue weighted by atomic mass is 10.2. The lowest BCUT2D eigenvalue weighted by molar-refractivity contribution is 0.803. The fourth-order valence-electron chi connectivity index (χ4n) is 1.07. The summed E-state index contributed by atoms with van der Waals surface area (Å²) in [6.07, 6.45) is 0. The minimum atomic E-state index is 0.266. The average Bonchev–Trinajstić information content (AvgIpc) is 1.94. The Morgan fingerprint density at radius 1 is 1.23 bits per heavy atom. The van der Waals surface area contributed by atoms with Gasteiger partial charge in [0, 0.05) is 15.3 Å². The smallest absolute Gasteiger partial charge is 0.0344 e. The first-order valence-electron chi connectivity index (χ1n) is 4.43. The van der Waals surface area contributed by atoms with Gasteiger partial charge in [0.15, 0.2) is 0 Å². The van der Waals surface area contributed by atoms with Gasteiger partial charge in [-0.25, -0.2) is 0 Å². The summed E-state index contributed by atoms with van der Waals surface area (Å²) in [6.45, 7) is 8.68. The summed E-state index contributed by atoms with van der Waals surface area (Å²) in [5.41, 5.74) is 7.78. The standard InChI is InChI=1S/C11H17NS/c1-8-7-9(5-6-10(8)12)13-11(2,3)4/h5-7H,12H2,1-4H3. The van der Waals surface area contributed by atoms with Gasteiger partial charge in [0.25, 0.3) is 0 Å². The lowest BCUT2D eigenvalue weighted by Gasteiger charge is -2.17. The van der Waals surface area contributed by atoms with Crippen molar-refractivity contribution in [2.24, 2.45) is 0 Å². The molecule has 0 bridgehead atoms. The van der Waals surface area contributed by atoms with Crippen molar-refractivity contribution in [3.63, 3.8) is 0 Å². The highest BCUT2D eigenvalue weighted by atomic mass is 32.2. The molecule has 0 spiro atoms. The molecule has 0 aliphatic rings. The maximum Gasteiger partial charge on any atom is 0.0344 e. The zero-order valence-corrected chi connectivity index (χ0v) is 9.53. The molecular formula is C11H17NS. The number of nitrogens with two attached hydrogens (primary N) is 1. The van der Waals surface area contributed by atoms with Gasteiger partial charge in [0.1, 0.15) is 0 Å². The van der Waals surface area contributed by atoms with Gasteiger partial charge in [-0.15, -0.1) is 11.8 Å². The Morgan fingerprint density at radius 2 is 1.85 bits per heavy atom. The summed E-state index contributed by atoms with van der Waals surface area (Å²) in [5.74, 6) is 0. The molecule has 0 aromatic heterocycles. The van der Waals surface area contributed by atoms with Crippen LogP contribution in [0.5, 0.6) is 0 Å². The van der Waals surface area contributed by atoms with Crippen molar-refractivity contribution in [2.45, 2.75) is 37.3 Å². The van der Waals surface area contributed by atoms with Crippen LogP contribution in [0, 0.1) is 6.92 Å². The maximum atomic E-state index is 5.74. The van der Waals surface area contributed by atoms with Crippen LogP contribution < -0.4 is 5.73 Å². The van der Waals surface area contributed by atoms with Crippen LogP contribution in [0.3, 0.4) is 0 Å². The molecule has 0 unspecified atom stereocenters. The molecule has 13 heavy (non-hydrogen) atoms. The summed E-state index contributed by atoms with van der Waals surface area (Å²) in [5, 5.41) is 0. The first-order valence-corrected chi connectivity index (χ1v) is 5.25. The van der Waals surface area contributed by atoms with E-state index in [0.717, 1.165) is 11.3 Å². The van der Waals surface area contributed by atoms with Gasteiger partial charge in [0.2, 0.25) is 0 Å². The highest BCUT2D eigenvalue weighted by molar-refractivity contribution is 8.00. The van der Waals surface area contributed by atoms with E-state index < -0.39 is 0 Å². The van der Waals surface area contributed by atoms with Gasteiger partial charge in [-0.2, -0.15) is 0 Å². The number of thioether (sulfide) groups is 1. The normalized spacial score (nSPS) is 11.7. The van der Waals surface area contributed by atoms with E-state index in [-0.39, 0.29) is 4.75 Å². The largest absolute Gasteiger partial charge is 0.399 e. The molecule has 0 heterocycles. The van der Waals surface area contributed by atoms with Gasteiger partial charge in [-0.1, -0.05) is 20.8 Å². The van der Waals surface area contributed by atoms with Crippen LogP contribution in [0.25, 0.3) is 0 Å². The second-order valence-corrected chi connectivity index (χ2v) is 6.13. The summed E-state index contributed by atoms with van der Waals surface area (Å²) in [6, 6.07) is 6.20. The van der Waals surface area contributed by atoms with E-state index in [1.54, 1.807) is 0 Å². The SMILES string of the molecule is Cc1cc(SC(C)(C)C)ccc1N. The van der Waals surface area contributed by atoms with E-state index in [1.165, 1.54) is 4.90 Å². The van der Waals surface area contributed by atoms with Crippen molar-refractivity contribution in [2.75, 3.05) is 5.73 Å². The first kappa shape index (κ1) is 10.5. The van der Waals surface area contributed by atoms with E-state index in [9.17, 15) is 0 Å². The third kappa shape index (κ3) is 3.31. The van der Waals surface area contributed by atoms with Crippen molar-refractivity contribution in [3.05, 3.63) is 23.8 Å². The Bertz CT molecular complexity index is 299. The summed E-state index contributed by atoms with van der Waals surface area (Å²) in [7, 11) is 0. The van der Waals surface area contributed by atoms with Crippen molar-refractivity contribution in [3.8, 4) is 0 Å². The molecule has 0 radical (unpaired) electrons. The van der Waals surface area contributed by atoms with Gasteiger partial charge in [0.05, 0.1) is 0 Å². The van der Waals surface area contributed by atoms with Crippen LogP contribution in [0.15, 0.2) is 23.1 Å². The van der Waals surface area contributed by atoms with Gasteiger partial charge >= 0.3 is 0 Å². The Morgan fingerprint density at radius 3 is 2.31 bits per heavy atom. The second kappa shape index (κ2) is 3.62. The van der Waals surface area contributed by atoms with E-state index in [1.807, 2.05) is 24.8 Å². The van der Waals surface area contributed by atoms with Crippen LogP contribution in [0.4, 0.5) is 5.69 Å². The number of nitrogen functional groups attached to an aromatic ring is 1. The van der Waals surface area contributed by atoms with Gasteiger partial charge in [-0.3, -0.25) is 0 Å². The van der Waals surface area contributed by atoms with E-state index in [4.69, 9.17) is 5.73 Å². The second-order valence-electron chi connectivity index (χ2n) is 4.23. The fourth-order valence-corrected chi connectivity index (χ4v) is 2.14. The number of hydrogen-bond donors (Lipinski definition) is 1. The molecule has 0 aliphatic heterocycles. The van der Waals surface area contributed by atoms with Crippen molar-refractivity contribution in [1.82, 2.24) is 0 Å². The minimum Gasteiger partial charge on any atom is -0.399 e. The number of aryl methyl sites for hydroxylation is 1. The summed E-state index contributed by atoms with van der Waals surface area (Å²) >= 11 is 1.87. The number of hydrogen-bond acceptors (Lipinski definition) is 2. The quantitative estimate of drug-likeness (QED) is 0.548. The van der Waals surface area contributed by atoms with Gasteiger partial charge in [-0.05, 0) is 30.7 Å². The number of rotatable bonds is 1. The molecule has 1 nitrogen and oxygen atoms in total. The lowest BCUT2D eigenvalue weighted by Crippen LogP contribution is -2.06. The fraction of sp³-hybridized carbons (Fsp3) is 0.455. The maximum absolute atomic E-state index is 5.74. The predicted molar refractivity (Wildman–Crippen MR) is 61.2 cm³/mol. The zero-order valence-electron chi connectivity index (χ0n) is 8.72. The number of anilines is 1. The van der Waals surface area contributed by atoms with Crippen LogP contribution in [0.2, 0.25) is 0 Å². The molecule has 1 rings (SSSR count). The third-order valence-electron chi connectivity index (χ3n) is 1.67. The van der Waals surface area contributed by atoms with Crippen molar-refractivity contribution >= 4 is 17.4 Å². The topological polar surface area (TPSA) is 26.0 Å². The Kier molecular flexibility index (Phi) is 2.91. The molecule has 0 atom stereocenters. The molecule has 2 N–H and O–H groups in total. The monoisotopic (exact) mass is 195 g/mol. The van der Waals surface area contributed by atoms with E-state index in [2.05, 4.69) is 32.9 Å². The molecule has 0 amide bonds. The molecule has 0 aliphatic carbocycles. The van der Waals surface area contributed by atoms with Crippen molar-refractivity contribution < 1.29 is 0 Å². The van der Waals surface area contributed by atoms with Crippen molar-refractivity contribution in [1.29, 1.82) is 0 Å². The van der Waals surface area contributed by atoms with Crippen LogP contribution in [0.1, 0.15) is 26.3 Å². The van der Waals surface area contributed by atoms with Gasteiger partial charge < -0.3 is 5.73 Å². The first-order chi connectivity index (χ1) is 5.88. The molecule has 1 aromatic rings. The Hall–Kier alpha value is -0.630. The Balaban J connectivity index is 2.86. The molecule has 0 saturated carbocycles. The molecule has 72 valence electrons. The predicted octanol–water partition coefficient (Wildman–Crippen LogP) is 3.47. The zero-order chi connectivity index (χ0) is 10.1. The van der Waals surface area contributed by atoms with Crippen LogP contribution in [-0.2, 0) is 0 Å². The number of benzene rings is 1. The average molecular weight is 195 g/mol. The van der Waals surface area contributed by atoms with E-state index >= 15 is 0 Å². The molecule has 2 heteroatoms. The molecular weight excluding hydrogens is 178 g/mol. The highest BCUT2D eigenvalue weighted by Gasteiger charge is 2.11. The third-order valence-corrected chi connectivity index (χ3v) is 2.77. The minimum absolute atomic E-state index is 0.266. The van der Waals surface area contributed by atoms with Crippen LogP contribution in [-0.4, -0.2) is 4.75 Å².